The largest absolute Gasteiger partial charge is 0.461 e. The molecule has 0 fully saturated rings. The highest BCUT2D eigenvalue weighted by atomic mass is 16.5. The Bertz CT molecular complexity index is 1110. The number of aromatic nitrogens is 2. The van der Waals surface area contributed by atoms with Crippen LogP contribution < -0.4 is 5.56 Å². The van der Waals surface area contributed by atoms with E-state index < -0.39 is 5.97 Å². The third-order valence-corrected chi connectivity index (χ3v) is 4.68. The molecule has 0 N–H and O–H groups in total. The van der Waals surface area contributed by atoms with Gasteiger partial charge in [-0.1, -0.05) is 37.6 Å². The molecule has 0 aliphatic rings. The van der Waals surface area contributed by atoms with E-state index >= 15 is 0 Å². The Morgan fingerprint density at radius 2 is 2.03 bits per heavy atom. The van der Waals surface area contributed by atoms with E-state index in [0.717, 1.165) is 29.4 Å². The van der Waals surface area contributed by atoms with Gasteiger partial charge in [0, 0.05) is 13.0 Å². The lowest BCUT2D eigenvalue weighted by Gasteiger charge is -2.12. The lowest BCUT2D eigenvalue weighted by Crippen LogP contribution is -2.26. The number of hydrogen-bond donors (Lipinski definition) is 0. The Hall–Kier alpha value is -3.46. The van der Waals surface area contributed by atoms with E-state index in [4.69, 9.17) is 10.00 Å². The minimum Gasteiger partial charge on any atom is -0.461 e. The van der Waals surface area contributed by atoms with E-state index in [9.17, 15) is 9.59 Å². The molecule has 0 unspecified atom stereocenters. The summed E-state index contributed by atoms with van der Waals surface area (Å²) < 4.78 is 7.04. The molecule has 0 aliphatic heterocycles. The third kappa shape index (κ3) is 5.08. The number of ether oxygens (including phenoxy) is 1. The summed E-state index contributed by atoms with van der Waals surface area (Å²) in [5.74, 6) is -0.401. The van der Waals surface area contributed by atoms with Crippen LogP contribution in [0.2, 0.25) is 0 Å². The molecule has 0 spiro atoms. The number of fused-ring (bicyclic) bond motifs is 1. The van der Waals surface area contributed by atoms with Gasteiger partial charge in [-0.05, 0) is 36.2 Å². The normalized spacial score (nSPS) is 10.6. The minimum atomic E-state index is -0.401. The van der Waals surface area contributed by atoms with Crippen molar-refractivity contribution in [2.75, 3.05) is 0 Å². The predicted molar refractivity (Wildman–Crippen MR) is 110 cm³/mol. The number of esters is 1. The van der Waals surface area contributed by atoms with Crippen molar-refractivity contribution < 1.29 is 9.53 Å². The molecular weight excluding hydrogens is 366 g/mol. The van der Waals surface area contributed by atoms with Crippen molar-refractivity contribution in [1.82, 2.24) is 9.55 Å². The van der Waals surface area contributed by atoms with E-state index in [0.29, 0.717) is 17.8 Å². The van der Waals surface area contributed by atoms with Crippen molar-refractivity contribution in [3.8, 4) is 6.07 Å². The van der Waals surface area contributed by atoms with Crippen LogP contribution in [0.15, 0.2) is 53.3 Å². The first-order valence-corrected chi connectivity index (χ1v) is 9.75. The zero-order valence-electron chi connectivity index (χ0n) is 16.4. The quantitative estimate of drug-likeness (QED) is 0.548. The van der Waals surface area contributed by atoms with Gasteiger partial charge in [0.05, 0.1) is 29.1 Å². The lowest BCUT2D eigenvalue weighted by atomic mass is 10.1. The molecule has 6 heteroatoms. The number of carbonyl (C=O) groups is 1. The summed E-state index contributed by atoms with van der Waals surface area (Å²) in [7, 11) is 0. The average Bonchev–Trinajstić information content (AvgIpc) is 2.76. The Morgan fingerprint density at radius 3 is 2.83 bits per heavy atom. The monoisotopic (exact) mass is 389 g/mol. The number of hydrogen-bond acceptors (Lipinski definition) is 5. The number of para-hydroxylation sites is 2. The van der Waals surface area contributed by atoms with Crippen molar-refractivity contribution in [3.63, 3.8) is 0 Å². The van der Waals surface area contributed by atoms with Gasteiger partial charge in [-0.2, -0.15) is 5.26 Å². The molecule has 0 bridgehead atoms. The van der Waals surface area contributed by atoms with Crippen LogP contribution in [0.25, 0.3) is 11.0 Å². The van der Waals surface area contributed by atoms with E-state index in [-0.39, 0.29) is 25.0 Å². The molecule has 0 saturated heterocycles. The van der Waals surface area contributed by atoms with Crippen LogP contribution in [0, 0.1) is 11.3 Å². The first-order valence-electron chi connectivity index (χ1n) is 9.75. The van der Waals surface area contributed by atoms with E-state index in [1.54, 1.807) is 28.8 Å². The molecule has 148 valence electrons. The summed E-state index contributed by atoms with van der Waals surface area (Å²) in [5.41, 5.74) is 3.07. The highest BCUT2D eigenvalue weighted by Crippen LogP contribution is 2.12. The van der Waals surface area contributed by atoms with E-state index in [2.05, 4.69) is 18.0 Å². The fraction of sp³-hybridized carbons (Fsp3) is 0.304. The molecule has 1 aromatic heterocycles. The molecule has 0 aliphatic carbocycles. The third-order valence-electron chi connectivity index (χ3n) is 4.68. The number of benzene rings is 2. The van der Waals surface area contributed by atoms with Gasteiger partial charge < -0.3 is 9.30 Å². The van der Waals surface area contributed by atoms with Crippen molar-refractivity contribution >= 4 is 17.0 Å². The SMILES string of the molecule is CCCCn1c(=O)c(CCC(=O)OCc2cccc(C#N)c2)nc2ccccc21. The van der Waals surface area contributed by atoms with Crippen molar-refractivity contribution in [2.24, 2.45) is 0 Å². The number of nitrogens with zero attached hydrogens (tertiary/aromatic N) is 3. The molecule has 6 nitrogen and oxygen atoms in total. The molecule has 29 heavy (non-hydrogen) atoms. The van der Waals surface area contributed by atoms with E-state index in [1.807, 2.05) is 24.3 Å². The van der Waals surface area contributed by atoms with Gasteiger partial charge in [-0.15, -0.1) is 0 Å². The van der Waals surface area contributed by atoms with Gasteiger partial charge in [-0.25, -0.2) is 4.98 Å². The second-order valence-corrected chi connectivity index (χ2v) is 6.83. The van der Waals surface area contributed by atoms with Crippen LogP contribution in [0.1, 0.15) is 43.0 Å². The Balaban J connectivity index is 1.69. The molecule has 0 saturated carbocycles. The number of aryl methyl sites for hydroxylation is 2. The smallest absolute Gasteiger partial charge is 0.306 e. The van der Waals surface area contributed by atoms with E-state index in [1.165, 1.54) is 0 Å². The average molecular weight is 389 g/mol. The van der Waals surface area contributed by atoms with Crippen LogP contribution in [-0.4, -0.2) is 15.5 Å². The Kier molecular flexibility index (Phi) is 6.75. The maximum absolute atomic E-state index is 12.9. The maximum Gasteiger partial charge on any atom is 0.306 e. The van der Waals surface area contributed by atoms with Gasteiger partial charge in [0.15, 0.2) is 0 Å². The summed E-state index contributed by atoms with van der Waals surface area (Å²) in [6, 6.07) is 16.5. The molecular formula is C23H23N3O3. The molecule has 3 rings (SSSR count). The van der Waals surface area contributed by atoms with Gasteiger partial charge in [0.25, 0.3) is 5.56 Å². The van der Waals surface area contributed by atoms with Gasteiger partial charge in [-0.3, -0.25) is 9.59 Å². The number of carbonyl (C=O) groups excluding carboxylic acids is 1. The number of unbranched alkanes of at least 4 members (excludes halogenated alkanes) is 1. The molecule has 1 heterocycles. The lowest BCUT2D eigenvalue weighted by molar-refractivity contribution is -0.144. The minimum absolute atomic E-state index is 0.0757. The summed E-state index contributed by atoms with van der Waals surface area (Å²) >= 11 is 0. The zero-order chi connectivity index (χ0) is 20.6. The van der Waals surface area contributed by atoms with Gasteiger partial charge >= 0.3 is 5.97 Å². The first kappa shape index (κ1) is 20.3. The van der Waals surface area contributed by atoms with Crippen molar-refractivity contribution in [3.05, 3.63) is 75.7 Å². The molecule has 0 radical (unpaired) electrons. The van der Waals surface area contributed by atoms with Gasteiger partial charge in [0.1, 0.15) is 12.3 Å². The fourth-order valence-corrected chi connectivity index (χ4v) is 3.13. The first-order chi connectivity index (χ1) is 14.1. The number of rotatable bonds is 8. The van der Waals surface area contributed by atoms with Crippen molar-refractivity contribution in [2.45, 2.75) is 45.8 Å². The van der Waals surface area contributed by atoms with Crippen LogP contribution in [0.4, 0.5) is 0 Å². The van der Waals surface area contributed by atoms with Crippen molar-refractivity contribution in [1.29, 1.82) is 5.26 Å². The van der Waals surface area contributed by atoms with Gasteiger partial charge in [0.2, 0.25) is 0 Å². The molecule has 2 aromatic carbocycles. The standard InChI is InChI=1S/C23H23N3O3/c1-2-3-13-26-21-10-5-4-9-19(21)25-20(23(26)28)11-12-22(27)29-16-18-8-6-7-17(14-18)15-24/h4-10,14H,2-3,11-13,16H2,1H3. The zero-order valence-corrected chi connectivity index (χ0v) is 16.4. The Labute approximate surface area is 169 Å². The predicted octanol–water partition coefficient (Wildman–Crippen LogP) is 3.74. The molecule has 0 atom stereocenters. The summed E-state index contributed by atoms with van der Waals surface area (Å²) in [4.78, 5) is 29.5. The summed E-state index contributed by atoms with van der Waals surface area (Å²) in [5, 5.41) is 8.93. The highest BCUT2D eigenvalue weighted by molar-refractivity contribution is 5.75. The second-order valence-electron chi connectivity index (χ2n) is 6.83. The summed E-state index contributed by atoms with van der Waals surface area (Å²) in [6.07, 6.45) is 2.19. The summed E-state index contributed by atoms with van der Waals surface area (Å²) in [6.45, 7) is 2.81. The second kappa shape index (κ2) is 9.65. The van der Waals surface area contributed by atoms with Crippen LogP contribution in [0.5, 0.6) is 0 Å². The van der Waals surface area contributed by atoms with Crippen LogP contribution in [0.3, 0.4) is 0 Å². The molecule has 3 aromatic rings. The maximum atomic E-state index is 12.9. The fourth-order valence-electron chi connectivity index (χ4n) is 3.13. The van der Waals surface area contributed by atoms with Crippen LogP contribution >= 0.6 is 0 Å². The van der Waals surface area contributed by atoms with Crippen LogP contribution in [-0.2, 0) is 29.1 Å². The Morgan fingerprint density at radius 1 is 1.21 bits per heavy atom. The highest BCUT2D eigenvalue weighted by Gasteiger charge is 2.13. The number of nitriles is 1. The molecule has 0 amide bonds. The topological polar surface area (TPSA) is 85.0 Å².